The molecule has 184 valence electrons. The van der Waals surface area contributed by atoms with E-state index in [4.69, 9.17) is 0 Å². The van der Waals surface area contributed by atoms with Gasteiger partial charge in [0.05, 0.1) is 6.67 Å². The summed E-state index contributed by atoms with van der Waals surface area (Å²) < 4.78 is 0. The van der Waals surface area contributed by atoms with E-state index < -0.39 is 5.54 Å². The molecule has 0 atom stereocenters. The maximum Gasteiger partial charge on any atom is 0.321 e. The molecule has 4 amide bonds. The van der Waals surface area contributed by atoms with Gasteiger partial charge in [-0.25, -0.2) is 4.79 Å². The molecule has 2 aliphatic heterocycles. The number of amides is 4. The number of piperidine rings is 1. The molecule has 4 rings (SSSR count). The Bertz CT molecular complexity index is 1090. The summed E-state index contributed by atoms with van der Waals surface area (Å²) in [5.41, 5.74) is 3.01. The average molecular weight is 476 g/mol. The topological polar surface area (TPSA) is 85.0 Å². The van der Waals surface area contributed by atoms with Gasteiger partial charge in [-0.1, -0.05) is 42.5 Å². The Morgan fingerprint density at radius 2 is 1.69 bits per heavy atom. The fourth-order valence-electron chi connectivity index (χ4n) is 5.01. The van der Waals surface area contributed by atoms with Crippen LogP contribution < -0.4 is 15.5 Å². The second kappa shape index (κ2) is 10.2. The molecule has 2 N–H and O–H groups in total. The van der Waals surface area contributed by atoms with Gasteiger partial charge in [-0.2, -0.15) is 0 Å². The number of hydrogen-bond donors (Lipinski definition) is 2. The lowest BCUT2D eigenvalue weighted by atomic mass is 9.85. The summed E-state index contributed by atoms with van der Waals surface area (Å²) in [6.07, 6.45) is 2.60. The molecule has 2 saturated heterocycles. The lowest BCUT2D eigenvalue weighted by Gasteiger charge is -2.43. The van der Waals surface area contributed by atoms with E-state index in [2.05, 4.69) is 22.1 Å². The highest BCUT2D eigenvalue weighted by Crippen LogP contribution is 2.39. The fourth-order valence-corrected chi connectivity index (χ4v) is 5.01. The maximum atomic E-state index is 13.7. The third-order valence-electron chi connectivity index (χ3n) is 6.95. The Morgan fingerprint density at radius 1 is 1.03 bits per heavy atom. The van der Waals surface area contributed by atoms with E-state index in [9.17, 15) is 14.4 Å². The molecule has 2 heterocycles. The third-order valence-corrected chi connectivity index (χ3v) is 6.95. The Balaban J connectivity index is 1.51. The van der Waals surface area contributed by atoms with Crippen molar-refractivity contribution in [2.24, 2.45) is 0 Å². The van der Waals surface area contributed by atoms with Crippen molar-refractivity contribution in [2.75, 3.05) is 43.1 Å². The molecular weight excluding hydrogens is 442 g/mol. The predicted octanol–water partition coefficient (Wildman–Crippen LogP) is 3.28. The highest BCUT2D eigenvalue weighted by atomic mass is 16.2. The summed E-state index contributed by atoms with van der Waals surface area (Å²) >= 11 is 0. The summed E-state index contributed by atoms with van der Waals surface area (Å²) in [6, 6.07) is 15.6. The zero-order valence-electron chi connectivity index (χ0n) is 20.4. The molecule has 2 aromatic carbocycles. The van der Waals surface area contributed by atoms with Crippen molar-refractivity contribution in [3.63, 3.8) is 0 Å². The number of para-hydroxylation sites is 2. The van der Waals surface area contributed by atoms with Crippen molar-refractivity contribution in [2.45, 2.75) is 32.2 Å². The molecule has 1 spiro atoms. The first kappa shape index (κ1) is 24.3. The smallest absolute Gasteiger partial charge is 0.321 e. The van der Waals surface area contributed by atoms with E-state index in [-0.39, 0.29) is 24.4 Å². The number of carbonyl (C=O) groups is 3. The monoisotopic (exact) mass is 475 g/mol. The number of aryl methyl sites for hydroxylation is 2. The normalized spacial score (nSPS) is 17.0. The lowest BCUT2D eigenvalue weighted by Crippen LogP contribution is -2.58. The van der Waals surface area contributed by atoms with Crippen LogP contribution in [0.5, 0.6) is 0 Å². The van der Waals surface area contributed by atoms with Gasteiger partial charge in [-0.3, -0.25) is 9.59 Å². The molecule has 2 fully saturated rings. The summed E-state index contributed by atoms with van der Waals surface area (Å²) in [5, 5.41) is 5.80. The quantitative estimate of drug-likeness (QED) is 0.628. The standard InChI is InChI=1S/C27H33N5O3/c1-4-15-28-23(33)18-31-19-32(22-11-6-5-7-12-22)27(25(31)34)13-16-30(17-14-27)26(35)29-24-20(2)9-8-10-21(24)3/h4-12H,1,13-19H2,2-3H3,(H,28,33)(H,29,35). The lowest BCUT2D eigenvalue weighted by molar-refractivity contribution is -0.137. The SMILES string of the molecule is C=CCNC(=O)CN1CN(c2ccccc2)C2(CCN(C(=O)Nc3c(C)cccc3C)CC2)C1=O. The number of nitrogens with zero attached hydrogens (tertiary/aromatic N) is 3. The summed E-state index contributed by atoms with van der Waals surface area (Å²) in [4.78, 5) is 44.6. The molecule has 8 nitrogen and oxygen atoms in total. The first-order valence-electron chi connectivity index (χ1n) is 12.0. The minimum atomic E-state index is -0.782. The van der Waals surface area contributed by atoms with E-state index in [1.54, 1.807) is 15.9 Å². The van der Waals surface area contributed by atoms with Gasteiger partial charge in [0.2, 0.25) is 5.91 Å². The molecule has 0 bridgehead atoms. The minimum absolute atomic E-state index is 0.00544. The summed E-state index contributed by atoms with van der Waals surface area (Å²) in [6.45, 7) is 9.15. The van der Waals surface area contributed by atoms with Crippen LogP contribution in [-0.4, -0.2) is 66.0 Å². The largest absolute Gasteiger partial charge is 0.351 e. The molecule has 0 aliphatic carbocycles. The van der Waals surface area contributed by atoms with Gasteiger partial charge in [-0.15, -0.1) is 6.58 Å². The van der Waals surface area contributed by atoms with Crippen LogP contribution in [0.2, 0.25) is 0 Å². The second-order valence-corrected chi connectivity index (χ2v) is 9.22. The fraction of sp³-hybridized carbons (Fsp3) is 0.370. The Hall–Kier alpha value is -3.81. The van der Waals surface area contributed by atoms with Crippen LogP contribution in [0.3, 0.4) is 0 Å². The molecule has 2 aromatic rings. The molecule has 2 aliphatic rings. The van der Waals surface area contributed by atoms with Crippen molar-refractivity contribution in [1.82, 2.24) is 15.1 Å². The second-order valence-electron chi connectivity index (χ2n) is 9.22. The van der Waals surface area contributed by atoms with E-state index in [0.717, 1.165) is 22.5 Å². The molecule has 35 heavy (non-hydrogen) atoms. The number of hydrogen-bond acceptors (Lipinski definition) is 4. The number of carbonyl (C=O) groups excluding carboxylic acids is 3. The number of likely N-dealkylation sites (tertiary alicyclic amines) is 1. The molecule has 0 radical (unpaired) electrons. The molecule has 0 saturated carbocycles. The highest BCUT2D eigenvalue weighted by Gasteiger charge is 2.54. The van der Waals surface area contributed by atoms with Crippen LogP contribution in [0.25, 0.3) is 0 Å². The van der Waals surface area contributed by atoms with Crippen LogP contribution in [0.4, 0.5) is 16.2 Å². The predicted molar refractivity (Wildman–Crippen MR) is 137 cm³/mol. The summed E-state index contributed by atoms with van der Waals surface area (Å²) in [7, 11) is 0. The van der Waals surface area contributed by atoms with Crippen LogP contribution in [0, 0.1) is 13.8 Å². The van der Waals surface area contributed by atoms with Gasteiger partial charge in [0.15, 0.2) is 0 Å². The zero-order valence-corrected chi connectivity index (χ0v) is 20.4. The van der Waals surface area contributed by atoms with Gasteiger partial charge < -0.3 is 25.3 Å². The minimum Gasteiger partial charge on any atom is -0.351 e. The maximum absolute atomic E-state index is 13.7. The Kier molecular flexibility index (Phi) is 7.10. The van der Waals surface area contributed by atoms with Crippen LogP contribution in [0.15, 0.2) is 61.2 Å². The summed E-state index contributed by atoms with van der Waals surface area (Å²) in [5.74, 6) is -0.279. The van der Waals surface area contributed by atoms with Crippen LogP contribution in [-0.2, 0) is 9.59 Å². The van der Waals surface area contributed by atoms with E-state index in [1.165, 1.54) is 0 Å². The number of benzene rings is 2. The first-order chi connectivity index (χ1) is 16.9. The van der Waals surface area contributed by atoms with Crippen molar-refractivity contribution in [3.05, 3.63) is 72.3 Å². The molecule has 8 heteroatoms. The average Bonchev–Trinajstić information content (AvgIpc) is 3.12. The highest BCUT2D eigenvalue weighted by molar-refractivity contribution is 5.97. The number of rotatable bonds is 6. The van der Waals surface area contributed by atoms with Crippen LogP contribution in [0.1, 0.15) is 24.0 Å². The van der Waals surface area contributed by atoms with Crippen molar-refractivity contribution in [1.29, 1.82) is 0 Å². The number of urea groups is 1. The third kappa shape index (κ3) is 4.87. The van der Waals surface area contributed by atoms with Gasteiger partial charge in [0.1, 0.15) is 12.1 Å². The molecule has 0 aromatic heterocycles. The van der Waals surface area contributed by atoms with Gasteiger partial charge in [0.25, 0.3) is 5.91 Å². The van der Waals surface area contributed by atoms with Crippen molar-refractivity contribution in [3.8, 4) is 0 Å². The van der Waals surface area contributed by atoms with E-state index in [0.29, 0.717) is 39.1 Å². The van der Waals surface area contributed by atoms with Gasteiger partial charge in [-0.05, 0) is 49.9 Å². The first-order valence-corrected chi connectivity index (χ1v) is 12.0. The van der Waals surface area contributed by atoms with Crippen molar-refractivity contribution < 1.29 is 14.4 Å². The van der Waals surface area contributed by atoms with Crippen LogP contribution >= 0.6 is 0 Å². The molecule has 0 unspecified atom stereocenters. The number of anilines is 2. The van der Waals surface area contributed by atoms with Crippen molar-refractivity contribution >= 4 is 29.2 Å². The van der Waals surface area contributed by atoms with Gasteiger partial charge >= 0.3 is 6.03 Å². The Labute approximate surface area is 206 Å². The molecular formula is C27H33N5O3. The zero-order chi connectivity index (χ0) is 25.0. The van der Waals surface area contributed by atoms with E-state index in [1.807, 2.05) is 62.4 Å². The van der Waals surface area contributed by atoms with Gasteiger partial charge in [0, 0.05) is 31.0 Å². The number of nitrogens with one attached hydrogen (secondary N) is 2. The Morgan fingerprint density at radius 3 is 2.31 bits per heavy atom. The van der Waals surface area contributed by atoms with E-state index >= 15 is 0 Å².